The molecule has 1 aliphatic rings. The summed E-state index contributed by atoms with van der Waals surface area (Å²) in [6.07, 6.45) is 5.80. The van der Waals surface area contributed by atoms with Crippen LogP contribution in [0.2, 0.25) is 0 Å². The molecule has 128 valence electrons. The van der Waals surface area contributed by atoms with Crippen molar-refractivity contribution >= 4 is 21.9 Å². The molecule has 2 N–H and O–H groups in total. The van der Waals surface area contributed by atoms with E-state index < -0.39 is 16.0 Å². The molecule has 0 bridgehead atoms. The van der Waals surface area contributed by atoms with Crippen molar-refractivity contribution in [3.8, 4) is 0 Å². The van der Waals surface area contributed by atoms with Crippen LogP contribution in [0.1, 0.15) is 44.9 Å². The van der Waals surface area contributed by atoms with Crippen molar-refractivity contribution in [1.82, 2.24) is 9.62 Å². The van der Waals surface area contributed by atoms with Gasteiger partial charge in [0.2, 0.25) is 15.9 Å². The Morgan fingerprint density at radius 2 is 1.73 bits per heavy atom. The van der Waals surface area contributed by atoms with Crippen molar-refractivity contribution < 1.29 is 23.1 Å². The molecule has 0 aliphatic carbocycles. The van der Waals surface area contributed by atoms with Crippen molar-refractivity contribution in [3.05, 3.63) is 0 Å². The van der Waals surface area contributed by atoms with Crippen LogP contribution in [0.5, 0.6) is 0 Å². The maximum absolute atomic E-state index is 12.0. The summed E-state index contributed by atoms with van der Waals surface area (Å²) in [4.78, 5) is 22.3. The van der Waals surface area contributed by atoms with E-state index in [0.717, 1.165) is 19.3 Å². The van der Waals surface area contributed by atoms with Crippen molar-refractivity contribution in [1.29, 1.82) is 0 Å². The van der Waals surface area contributed by atoms with E-state index in [-0.39, 0.29) is 18.2 Å². The van der Waals surface area contributed by atoms with Gasteiger partial charge in [-0.05, 0) is 25.7 Å². The molecule has 0 aromatic heterocycles. The van der Waals surface area contributed by atoms with Crippen LogP contribution in [-0.2, 0) is 19.6 Å². The topological polar surface area (TPSA) is 104 Å². The summed E-state index contributed by atoms with van der Waals surface area (Å²) in [5, 5.41) is 11.4. The molecule has 0 saturated carbocycles. The van der Waals surface area contributed by atoms with Gasteiger partial charge in [0, 0.05) is 32.0 Å². The zero-order valence-corrected chi connectivity index (χ0v) is 13.9. The number of piperidine rings is 1. The van der Waals surface area contributed by atoms with E-state index in [2.05, 4.69) is 5.32 Å². The highest BCUT2D eigenvalue weighted by molar-refractivity contribution is 7.88. The fraction of sp³-hybridized carbons (Fsp3) is 0.857. The van der Waals surface area contributed by atoms with Gasteiger partial charge in [-0.2, -0.15) is 0 Å². The Labute approximate surface area is 132 Å². The Kier molecular flexibility index (Phi) is 7.81. The number of carbonyl (C=O) groups is 2. The van der Waals surface area contributed by atoms with Crippen LogP contribution < -0.4 is 5.32 Å². The standard InChI is InChI=1S/C14H26N2O5S/c1-22(20,21)16-10-7-12(8-11-16)14(19)15-9-5-3-2-4-6-13(17)18/h12H,2-11H2,1H3,(H,15,19)(H,17,18). The molecule has 0 radical (unpaired) electrons. The summed E-state index contributed by atoms with van der Waals surface area (Å²) in [6.45, 7) is 1.41. The Balaban J connectivity index is 2.10. The number of carboxylic acids is 1. The van der Waals surface area contributed by atoms with Crippen LogP contribution in [0.4, 0.5) is 0 Å². The normalized spacial score (nSPS) is 17.3. The maximum Gasteiger partial charge on any atom is 0.303 e. The van der Waals surface area contributed by atoms with E-state index in [9.17, 15) is 18.0 Å². The zero-order chi connectivity index (χ0) is 16.6. The molecule has 7 nitrogen and oxygen atoms in total. The number of aliphatic carboxylic acids is 1. The average molecular weight is 334 g/mol. The minimum absolute atomic E-state index is 0.00122. The van der Waals surface area contributed by atoms with E-state index in [1.165, 1.54) is 10.6 Å². The van der Waals surface area contributed by atoms with Gasteiger partial charge < -0.3 is 10.4 Å². The van der Waals surface area contributed by atoms with Crippen LogP contribution in [-0.4, -0.2) is 55.6 Å². The average Bonchev–Trinajstić information content (AvgIpc) is 2.45. The SMILES string of the molecule is CS(=O)(=O)N1CCC(C(=O)NCCCCCCC(=O)O)CC1. The first kappa shape index (κ1) is 18.9. The fourth-order valence-electron chi connectivity index (χ4n) is 2.56. The van der Waals surface area contributed by atoms with E-state index in [1.807, 2.05) is 0 Å². The zero-order valence-electron chi connectivity index (χ0n) is 13.1. The molecular formula is C14H26N2O5S. The number of carboxylic acid groups (broad SMARTS) is 1. The minimum Gasteiger partial charge on any atom is -0.481 e. The Morgan fingerprint density at radius 3 is 2.27 bits per heavy atom. The smallest absolute Gasteiger partial charge is 0.303 e. The third-order valence-electron chi connectivity index (χ3n) is 3.91. The molecule has 0 spiro atoms. The molecule has 1 saturated heterocycles. The fourth-order valence-corrected chi connectivity index (χ4v) is 3.43. The molecule has 0 atom stereocenters. The number of rotatable bonds is 9. The molecule has 1 amide bonds. The lowest BCUT2D eigenvalue weighted by atomic mass is 9.97. The molecule has 22 heavy (non-hydrogen) atoms. The lowest BCUT2D eigenvalue weighted by Crippen LogP contribution is -2.42. The third kappa shape index (κ3) is 7.22. The molecule has 0 unspecified atom stereocenters. The Morgan fingerprint density at radius 1 is 1.14 bits per heavy atom. The summed E-state index contributed by atoms with van der Waals surface area (Å²) >= 11 is 0. The van der Waals surface area contributed by atoms with Crippen molar-refractivity contribution in [3.63, 3.8) is 0 Å². The Hall–Kier alpha value is -1.15. The largest absolute Gasteiger partial charge is 0.481 e. The number of amides is 1. The number of carbonyl (C=O) groups excluding carboxylic acids is 1. The summed E-state index contributed by atoms with van der Waals surface area (Å²) in [7, 11) is -3.15. The summed E-state index contributed by atoms with van der Waals surface area (Å²) in [5.74, 6) is -0.877. The number of unbranched alkanes of at least 4 members (excludes halogenated alkanes) is 3. The minimum atomic E-state index is -3.15. The Bertz CT molecular complexity index is 470. The van der Waals surface area contributed by atoms with Gasteiger partial charge in [0.1, 0.15) is 0 Å². The van der Waals surface area contributed by atoms with E-state index in [4.69, 9.17) is 5.11 Å². The highest BCUT2D eigenvalue weighted by Crippen LogP contribution is 2.19. The highest BCUT2D eigenvalue weighted by Gasteiger charge is 2.28. The lowest BCUT2D eigenvalue weighted by molar-refractivity contribution is -0.137. The van der Waals surface area contributed by atoms with Crippen LogP contribution in [0.3, 0.4) is 0 Å². The second-order valence-corrected chi connectivity index (χ2v) is 7.77. The van der Waals surface area contributed by atoms with Gasteiger partial charge in [0.25, 0.3) is 0 Å². The van der Waals surface area contributed by atoms with Crippen molar-refractivity contribution in [2.24, 2.45) is 5.92 Å². The molecule has 0 aromatic carbocycles. The number of hydrogen-bond donors (Lipinski definition) is 2. The number of nitrogens with one attached hydrogen (secondary N) is 1. The van der Waals surface area contributed by atoms with E-state index in [1.54, 1.807) is 0 Å². The highest BCUT2D eigenvalue weighted by atomic mass is 32.2. The van der Waals surface area contributed by atoms with E-state index in [0.29, 0.717) is 38.9 Å². The van der Waals surface area contributed by atoms with Gasteiger partial charge in [-0.15, -0.1) is 0 Å². The summed E-state index contributed by atoms with van der Waals surface area (Å²) in [5.41, 5.74) is 0. The van der Waals surface area contributed by atoms with Crippen LogP contribution in [0.15, 0.2) is 0 Å². The van der Waals surface area contributed by atoms with Gasteiger partial charge in [-0.3, -0.25) is 9.59 Å². The van der Waals surface area contributed by atoms with Gasteiger partial charge in [-0.25, -0.2) is 12.7 Å². The lowest BCUT2D eigenvalue weighted by Gasteiger charge is -2.29. The van der Waals surface area contributed by atoms with Crippen LogP contribution in [0, 0.1) is 5.92 Å². The first-order chi connectivity index (χ1) is 10.3. The second kappa shape index (κ2) is 9.09. The van der Waals surface area contributed by atoms with Gasteiger partial charge in [0.15, 0.2) is 0 Å². The summed E-state index contributed by atoms with van der Waals surface area (Å²) in [6, 6.07) is 0. The van der Waals surface area contributed by atoms with Gasteiger partial charge in [-0.1, -0.05) is 12.8 Å². The van der Waals surface area contributed by atoms with Crippen molar-refractivity contribution in [2.75, 3.05) is 25.9 Å². The molecule has 1 rings (SSSR count). The van der Waals surface area contributed by atoms with Gasteiger partial charge in [0.05, 0.1) is 6.26 Å². The molecule has 8 heteroatoms. The first-order valence-electron chi connectivity index (χ1n) is 7.75. The maximum atomic E-state index is 12.0. The predicted molar refractivity (Wildman–Crippen MR) is 82.9 cm³/mol. The second-order valence-electron chi connectivity index (χ2n) is 5.79. The quantitative estimate of drug-likeness (QED) is 0.607. The molecule has 1 heterocycles. The number of nitrogens with zero attached hydrogens (tertiary/aromatic N) is 1. The van der Waals surface area contributed by atoms with Crippen LogP contribution >= 0.6 is 0 Å². The number of hydrogen-bond acceptors (Lipinski definition) is 4. The summed E-state index contributed by atoms with van der Waals surface area (Å²) < 4.78 is 24.2. The van der Waals surface area contributed by atoms with E-state index >= 15 is 0 Å². The third-order valence-corrected chi connectivity index (χ3v) is 5.21. The monoisotopic (exact) mass is 334 g/mol. The first-order valence-corrected chi connectivity index (χ1v) is 9.60. The van der Waals surface area contributed by atoms with Crippen molar-refractivity contribution in [2.45, 2.75) is 44.9 Å². The molecule has 0 aromatic rings. The molecule has 1 aliphatic heterocycles. The molecule has 1 fully saturated rings. The van der Waals surface area contributed by atoms with Gasteiger partial charge >= 0.3 is 5.97 Å². The predicted octanol–water partition coefficient (Wildman–Crippen LogP) is 0.809. The number of sulfonamides is 1. The van der Waals surface area contributed by atoms with Crippen LogP contribution in [0.25, 0.3) is 0 Å². The molecular weight excluding hydrogens is 308 g/mol.